The van der Waals surface area contributed by atoms with Gasteiger partial charge in [0.25, 0.3) is 0 Å². The molecule has 0 saturated heterocycles. The van der Waals surface area contributed by atoms with Crippen molar-refractivity contribution >= 4 is 5.69 Å². The highest BCUT2D eigenvalue weighted by Gasteiger charge is 1.98. The van der Waals surface area contributed by atoms with Crippen LogP contribution >= 0.6 is 0 Å². The number of rotatable bonds is 1. The second kappa shape index (κ2) is 2.39. The second-order valence-corrected chi connectivity index (χ2v) is 1.44. The Kier molecular flexibility index (Phi) is 1.58. The molecule has 4 heteroatoms. The van der Waals surface area contributed by atoms with Crippen molar-refractivity contribution in [2.45, 2.75) is 0 Å². The fourth-order valence-electron chi connectivity index (χ4n) is 0.457. The number of hydrogen-bond donors (Lipinski definition) is 0. The van der Waals surface area contributed by atoms with Gasteiger partial charge in [-0.3, -0.25) is 4.98 Å². The van der Waals surface area contributed by atoms with Crippen molar-refractivity contribution in [1.82, 2.24) is 4.98 Å². The van der Waals surface area contributed by atoms with E-state index in [-0.39, 0.29) is 5.69 Å². The van der Waals surface area contributed by atoms with Crippen LogP contribution in [0.1, 0.15) is 0 Å². The summed E-state index contributed by atoms with van der Waals surface area (Å²) >= 11 is 0. The Morgan fingerprint density at radius 2 is 1.78 bits per heavy atom. The van der Waals surface area contributed by atoms with Crippen molar-refractivity contribution in [3.8, 4) is 0 Å². The Balaban J connectivity index is 2.85. The molecular weight excluding hydrogens is 126 g/mol. The van der Waals surface area contributed by atoms with E-state index in [4.69, 9.17) is 0 Å². The summed E-state index contributed by atoms with van der Waals surface area (Å²) in [4.78, 5) is 3.57. The summed E-state index contributed by atoms with van der Waals surface area (Å²) in [6.07, 6.45) is 2.61. The molecule has 0 bridgehead atoms. The topological polar surface area (TPSA) is 16.1 Å². The molecule has 0 saturated carbocycles. The highest BCUT2D eigenvalue weighted by atomic mass is 19.4. The molecule has 9 heavy (non-hydrogen) atoms. The van der Waals surface area contributed by atoms with E-state index < -0.39 is 5.34 Å². The molecule has 0 spiro atoms. The third kappa shape index (κ3) is 1.35. The largest absolute Gasteiger partial charge is 0.265 e. The van der Waals surface area contributed by atoms with Gasteiger partial charge in [0.1, 0.15) is 5.69 Å². The second-order valence-electron chi connectivity index (χ2n) is 1.44. The van der Waals surface area contributed by atoms with Crippen molar-refractivity contribution < 1.29 is 8.96 Å². The fourth-order valence-corrected chi connectivity index (χ4v) is 0.457. The van der Waals surface area contributed by atoms with Crippen molar-refractivity contribution in [2.24, 2.45) is 0 Å². The average molecular weight is 130 g/mol. The molecule has 0 atom stereocenters. The van der Waals surface area contributed by atoms with Crippen LogP contribution in [0.2, 0.25) is 0 Å². The Bertz CT molecular complexity index is 176. The molecule has 0 aliphatic rings. The summed E-state index contributed by atoms with van der Waals surface area (Å²) in [6.45, 7) is 0. The van der Waals surface area contributed by atoms with E-state index in [1.165, 1.54) is 24.5 Å². The number of anilines is 1. The first-order valence-corrected chi connectivity index (χ1v) is 2.32. The van der Waals surface area contributed by atoms with Gasteiger partial charge in [-0.05, 0) is 17.5 Å². The van der Waals surface area contributed by atoms with Crippen molar-refractivity contribution in [3.05, 3.63) is 24.5 Å². The lowest BCUT2D eigenvalue weighted by atomic mass is 10.4. The van der Waals surface area contributed by atoms with Crippen molar-refractivity contribution in [3.63, 3.8) is 0 Å². The zero-order valence-corrected chi connectivity index (χ0v) is 4.46. The summed E-state index contributed by atoms with van der Waals surface area (Å²) in [5.74, 6) is 0. The molecule has 0 fully saturated rings. The van der Waals surface area contributed by atoms with Gasteiger partial charge in [0.15, 0.2) is 0 Å². The predicted octanol–water partition coefficient (Wildman–Crippen LogP) is 1.66. The van der Waals surface area contributed by atoms with E-state index in [1.54, 1.807) is 0 Å². The molecule has 0 aliphatic carbocycles. The van der Waals surface area contributed by atoms with Crippen LogP contribution in [0.25, 0.3) is 0 Å². The molecule has 2 nitrogen and oxygen atoms in total. The standard InChI is InChI=1S/C5H4F2N2/c6-9(7)5-1-3-8-4-2-5/h1-4H. The molecule has 0 amide bonds. The molecule has 0 unspecified atom stereocenters. The van der Waals surface area contributed by atoms with Crippen LogP contribution in [0.4, 0.5) is 14.6 Å². The van der Waals surface area contributed by atoms with E-state index in [0.717, 1.165) is 0 Å². The van der Waals surface area contributed by atoms with Crippen LogP contribution < -0.4 is 5.34 Å². The van der Waals surface area contributed by atoms with E-state index in [9.17, 15) is 8.96 Å². The van der Waals surface area contributed by atoms with Gasteiger partial charge in [0.2, 0.25) is 0 Å². The molecule has 0 aromatic carbocycles. The smallest absolute Gasteiger partial charge is 0.108 e. The van der Waals surface area contributed by atoms with Gasteiger partial charge < -0.3 is 0 Å². The van der Waals surface area contributed by atoms with Crippen LogP contribution in [-0.4, -0.2) is 4.98 Å². The lowest BCUT2D eigenvalue weighted by Gasteiger charge is -1.97. The molecule has 0 radical (unpaired) electrons. The number of pyridine rings is 1. The molecular formula is C5H4F2N2. The third-order valence-electron chi connectivity index (χ3n) is 0.858. The first kappa shape index (κ1) is 5.94. The van der Waals surface area contributed by atoms with Gasteiger partial charge >= 0.3 is 0 Å². The molecule has 0 N–H and O–H groups in total. The minimum atomic E-state index is -0.957. The van der Waals surface area contributed by atoms with Gasteiger partial charge in [-0.1, -0.05) is 8.96 Å². The van der Waals surface area contributed by atoms with E-state index >= 15 is 0 Å². The minimum Gasteiger partial charge on any atom is -0.265 e. The molecule has 1 rings (SSSR count). The highest BCUT2D eigenvalue weighted by molar-refractivity contribution is 5.38. The van der Waals surface area contributed by atoms with Gasteiger partial charge in [0, 0.05) is 12.4 Å². The lowest BCUT2D eigenvalue weighted by Crippen LogP contribution is -1.94. The predicted molar refractivity (Wildman–Crippen MR) is 28.9 cm³/mol. The van der Waals surface area contributed by atoms with Gasteiger partial charge in [-0.2, -0.15) is 0 Å². The van der Waals surface area contributed by atoms with Crippen LogP contribution in [0.15, 0.2) is 24.5 Å². The van der Waals surface area contributed by atoms with Gasteiger partial charge in [-0.25, -0.2) is 0 Å². The number of hydrogen-bond acceptors (Lipinski definition) is 2. The fraction of sp³-hybridized carbons (Fsp3) is 0. The summed E-state index contributed by atoms with van der Waals surface area (Å²) in [5, 5.41) is -0.957. The maximum atomic E-state index is 11.6. The zero-order valence-electron chi connectivity index (χ0n) is 4.46. The Labute approximate surface area is 50.6 Å². The number of halogens is 2. The minimum absolute atomic E-state index is 0.148. The normalized spacial score (nSPS) is 9.11. The van der Waals surface area contributed by atoms with E-state index in [0.29, 0.717) is 0 Å². The molecule has 48 valence electrons. The summed E-state index contributed by atoms with van der Waals surface area (Å²) in [7, 11) is 0. The van der Waals surface area contributed by atoms with Crippen LogP contribution in [0, 0.1) is 0 Å². The average Bonchev–Trinajstić information content (AvgIpc) is 1.90. The van der Waals surface area contributed by atoms with Gasteiger partial charge in [-0.15, -0.1) is 0 Å². The Hall–Kier alpha value is -1.19. The van der Waals surface area contributed by atoms with Crippen LogP contribution in [0.5, 0.6) is 0 Å². The first-order valence-electron chi connectivity index (χ1n) is 2.32. The maximum absolute atomic E-state index is 11.6. The summed E-state index contributed by atoms with van der Waals surface area (Å²) < 4.78 is 23.1. The lowest BCUT2D eigenvalue weighted by molar-refractivity contribution is 0.235. The quantitative estimate of drug-likeness (QED) is 0.537. The zero-order chi connectivity index (χ0) is 6.69. The Morgan fingerprint density at radius 1 is 1.22 bits per heavy atom. The summed E-state index contributed by atoms with van der Waals surface area (Å²) in [6, 6.07) is 2.44. The number of nitrogens with zero attached hydrogens (tertiary/aromatic N) is 2. The van der Waals surface area contributed by atoms with Crippen LogP contribution in [0.3, 0.4) is 0 Å². The molecule has 0 aliphatic heterocycles. The maximum Gasteiger partial charge on any atom is 0.108 e. The van der Waals surface area contributed by atoms with E-state index in [1.807, 2.05) is 0 Å². The Morgan fingerprint density at radius 3 is 2.11 bits per heavy atom. The summed E-state index contributed by atoms with van der Waals surface area (Å²) in [5.41, 5.74) is -0.148. The molecule has 1 aromatic rings. The van der Waals surface area contributed by atoms with E-state index in [2.05, 4.69) is 4.98 Å². The van der Waals surface area contributed by atoms with Crippen molar-refractivity contribution in [1.29, 1.82) is 0 Å². The molecule has 1 heterocycles. The molecule has 1 aromatic heterocycles. The number of aromatic nitrogens is 1. The van der Waals surface area contributed by atoms with Crippen LogP contribution in [-0.2, 0) is 0 Å². The SMILES string of the molecule is FN(F)c1ccncc1. The third-order valence-corrected chi connectivity index (χ3v) is 0.858. The monoisotopic (exact) mass is 130 g/mol. The highest BCUT2D eigenvalue weighted by Crippen LogP contribution is 2.11. The van der Waals surface area contributed by atoms with Crippen molar-refractivity contribution in [2.75, 3.05) is 5.34 Å². The first-order chi connectivity index (χ1) is 4.30. The van der Waals surface area contributed by atoms with Gasteiger partial charge in [0.05, 0.1) is 0 Å².